The molecule has 0 saturated carbocycles. The van der Waals surface area contributed by atoms with Crippen LogP contribution in [0.2, 0.25) is 0 Å². The Hall–Kier alpha value is -2.01. The standard InChI is InChI=1S/C16H16BrN3O5S/c17-12-3-1-11(2-4-12)16-10-19(5-6-25-16)13-7-14(20(21)22)9-15(8-13)26(18,23)24/h1-4,7-9,16H,5-6,10H2,(H2,18,23,24). The number of morpholine rings is 1. The largest absolute Gasteiger partial charge is 0.370 e. The summed E-state index contributed by atoms with van der Waals surface area (Å²) in [5.74, 6) is 0. The molecule has 2 N–H and O–H groups in total. The highest BCUT2D eigenvalue weighted by Gasteiger charge is 2.25. The lowest BCUT2D eigenvalue weighted by molar-refractivity contribution is -0.385. The molecule has 0 radical (unpaired) electrons. The van der Waals surface area contributed by atoms with Gasteiger partial charge in [0.15, 0.2) is 0 Å². The van der Waals surface area contributed by atoms with E-state index in [9.17, 15) is 18.5 Å². The predicted octanol–water partition coefficient (Wildman–Crippen LogP) is 2.58. The molecule has 0 aromatic heterocycles. The molecular formula is C16H16BrN3O5S. The van der Waals surface area contributed by atoms with Crippen molar-refractivity contribution in [3.05, 3.63) is 62.6 Å². The Labute approximate surface area is 158 Å². The molecule has 1 heterocycles. The van der Waals surface area contributed by atoms with Gasteiger partial charge in [-0.15, -0.1) is 0 Å². The van der Waals surface area contributed by atoms with E-state index in [1.807, 2.05) is 29.2 Å². The van der Waals surface area contributed by atoms with Crippen molar-refractivity contribution in [3.63, 3.8) is 0 Å². The van der Waals surface area contributed by atoms with E-state index in [1.165, 1.54) is 12.1 Å². The first-order valence-electron chi connectivity index (χ1n) is 7.68. The number of primary sulfonamides is 1. The number of nitro benzene ring substituents is 1. The summed E-state index contributed by atoms with van der Waals surface area (Å²) in [7, 11) is -4.06. The second-order valence-corrected chi connectivity index (χ2v) is 8.32. The van der Waals surface area contributed by atoms with Crippen molar-refractivity contribution < 1.29 is 18.1 Å². The molecule has 10 heteroatoms. The Balaban J connectivity index is 1.93. The topological polar surface area (TPSA) is 116 Å². The molecule has 1 unspecified atom stereocenters. The summed E-state index contributed by atoms with van der Waals surface area (Å²) in [6.07, 6.45) is -0.228. The van der Waals surface area contributed by atoms with Gasteiger partial charge < -0.3 is 9.64 Å². The molecule has 1 fully saturated rings. The van der Waals surface area contributed by atoms with E-state index < -0.39 is 14.9 Å². The Morgan fingerprint density at radius 2 is 1.92 bits per heavy atom. The van der Waals surface area contributed by atoms with Crippen LogP contribution in [0.5, 0.6) is 0 Å². The molecule has 1 aliphatic heterocycles. The summed E-state index contributed by atoms with van der Waals surface area (Å²) in [5, 5.41) is 16.3. The summed E-state index contributed by atoms with van der Waals surface area (Å²) < 4.78 is 30.1. The van der Waals surface area contributed by atoms with Gasteiger partial charge in [0, 0.05) is 35.4 Å². The quantitative estimate of drug-likeness (QED) is 0.575. The van der Waals surface area contributed by atoms with E-state index in [0.717, 1.165) is 16.1 Å². The van der Waals surface area contributed by atoms with Crippen molar-refractivity contribution in [2.24, 2.45) is 5.14 Å². The van der Waals surface area contributed by atoms with E-state index in [1.54, 1.807) is 0 Å². The number of hydrogen-bond donors (Lipinski definition) is 1. The molecule has 0 bridgehead atoms. The highest BCUT2D eigenvalue weighted by atomic mass is 79.9. The second kappa shape index (κ2) is 7.31. The first-order valence-corrected chi connectivity index (χ1v) is 10.0. The van der Waals surface area contributed by atoms with Gasteiger partial charge in [-0.3, -0.25) is 10.1 Å². The van der Waals surface area contributed by atoms with Gasteiger partial charge >= 0.3 is 0 Å². The van der Waals surface area contributed by atoms with Gasteiger partial charge in [0.05, 0.1) is 16.4 Å². The third-order valence-electron chi connectivity index (χ3n) is 4.09. The Bertz CT molecular complexity index is 933. The Morgan fingerprint density at radius 1 is 1.23 bits per heavy atom. The van der Waals surface area contributed by atoms with Gasteiger partial charge in [0.25, 0.3) is 5.69 Å². The van der Waals surface area contributed by atoms with Crippen molar-refractivity contribution in [2.75, 3.05) is 24.6 Å². The van der Waals surface area contributed by atoms with E-state index in [0.29, 0.717) is 25.4 Å². The predicted molar refractivity (Wildman–Crippen MR) is 99.5 cm³/mol. The van der Waals surface area contributed by atoms with Gasteiger partial charge in [-0.1, -0.05) is 28.1 Å². The van der Waals surface area contributed by atoms with Crippen LogP contribution in [0.25, 0.3) is 0 Å². The van der Waals surface area contributed by atoms with Gasteiger partial charge in [0.1, 0.15) is 6.10 Å². The fraction of sp³-hybridized carbons (Fsp3) is 0.250. The lowest BCUT2D eigenvalue weighted by Gasteiger charge is -2.34. The lowest BCUT2D eigenvalue weighted by Crippen LogP contribution is -2.38. The minimum absolute atomic E-state index is 0.228. The fourth-order valence-electron chi connectivity index (χ4n) is 2.78. The number of sulfonamides is 1. The Morgan fingerprint density at radius 3 is 2.54 bits per heavy atom. The van der Waals surface area contributed by atoms with Crippen molar-refractivity contribution in [2.45, 2.75) is 11.0 Å². The monoisotopic (exact) mass is 441 g/mol. The number of nitro groups is 1. The minimum Gasteiger partial charge on any atom is -0.370 e. The molecule has 2 aromatic carbocycles. The van der Waals surface area contributed by atoms with Crippen molar-refractivity contribution in [1.82, 2.24) is 0 Å². The number of halogens is 1. The molecule has 8 nitrogen and oxygen atoms in total. The SMILES string of the molecule is NS(=O)(=O)c1cc(N2CCOC(c3ccc(Br)cc3)C2)cc([N+](=O)[O-])c1. The van der Waals surface area contributed by atoms with Crippen LogP contribution in [0.3, 0.4) is 0 Å². The molecule has 2 aromatic rings. The van der Waals surface area contributed by atoms with Crippen LogP contribution in [0.4, 0.5) is 11.4 Å². The average molecular weight is 442 g/mol. The second-order valence-electron chi connectivity index (χ2n) is 5.84. The summed E-state index contributed by atoms with van der Waals surface area (Å²) in [4.78, 5) is 12.1. The van der Waals surface area contributed by atoms with Crippen LogP contribution in [0, 0.1) is 10.1 Å². The molecule has 0 amide bonds. The maximum atomic E-state index is 11.7. The molecule has 0 aliphatic carbocycles. The average Bonchev–Trinajstić information content (AvgIpc) is 2.61. The zero-order valence-electron chi connectivity index (χ0n) is 13.5. The van der Waals surface area contributed by atoms with Crippen molar-refractivity contribution >= 4 is 37.3 Å². The fourth-order valence-corrected chi connectivity index (χ4v) is 3.62. The van der Waals surface area contributed by atoms with E-state index in [-0.39, 0.29) is 16.7 Å². The van der Waals surface area contributed by atoms with Crippen molar-refractivity contribution in [3.8, 4) is 0 Å². The zero-order valence-corrected chi connectivity index (χ0v) is 15.9. The number of anilines is 1. The number of hydrogen-bond acceptors (Lipinski definition) is 6. The number of non-ortho nitro benzene ring substituents is 1. The van der Waals surface area contributed by atoms with Crippen molar-refractivity contribution in [1.29, 1.82) is 0 Å². The van der Waals surface area contributed by atoms with Crippen LogP contribution in [0.1, 0.15) is 11.7 Å². The maximum absolute atomic E-state index is 11.7. The first-order chi connectivity index (χ1) is 12.2. The molecule has 1 saturated heterocycles. The summed E-state index contributed by atoms with van der Waals surface area (Å²) >= 11 is 3.38. The minimum atomic E-state index is -4.06. The summed E-state index contributed by atoms with van der Waals surface area (Å²) in [5.41, 5.74) is 1.07. The number of nitrogens with two attached hydrogens (primary N) is 1. The van der Waals surface area contributed by atoms with Gasteiger partial charge in [-0.05, 0) is 23.8 Å². The molecular weight excluding hydrogens is 426 g/mol. The van der Waals surface area contributed by atoms with Gasteiger partial charge in [0.2, 0.25) is 10.0 Å². The molecule has 26 heavy (non-hydrogen) atoms. The highest BCUT2D eigenvalue weighted by molar-refractivity contribution is 9.10. The van der Waals surface area contributed by atoms with E-state index in [4.69, 9.17) is 9.88 Å². The van der Waals surface area contributed by atoms with Crippen LogP contribution in [-0.4, -0.2) is 33.0 Å². The number of rotatable bonds is 4. The summed E-state index contributed by atoms with van der Waals surface area (Å²) in [6.45, 7) is 1.33. The number of ether oxygens (including phenoxy) is 1. The molecule has 138 valence electrons. The normalized spacial score (nSPS) is 17.9. The summed E-state index contributed by atoms with van der Waals surface area (Å²) in [6, 6.07) is 11.3. The smallest absolute Gasteiger partial charge is 0.272 e. The van der Waals surface area contributed by atoms with Gasteiger partial charge in [-0.2, -0.15) is 0 Å². The van der Waals surface area contributed by atoms with E-state index >= 15 is 0 Å². The van der Waals surface area contributed by atoms with Gasteiger partial charge in [-0.25, -0.2) is 13.6 Å². The number of benzene rings is 2. The number of nitrogens with zero attached hydrogens (tertiary/aromatic N) is 2. The lowest BCUT2D eigenvalue weighted by atomic mass is 10.1. The molecule has 1 aliphatic rings. The van der Waals surface area contributed by atoms with Crippen LogP contribution in [0.15, 0.2) is 51.8 Å². The first kappa shape index (κ1) is 18.8. The van der Waals surface area contributed by atoms with Crippen LogP contribution < -0.4 is 10.0 Å². The van der Waals surface area contributed by atoms with Crippen LogP contribution >= 0.6 is 15.9 Å². The Kier molecular flexibility index (Phi) is 5.28. The third-order valence-corrected chi connectivity index (χ3v) is 5.51. The zero-order chi connectivity index (χ0) is 18.9. The van der Waals surface area contributed by atoms with E-state index in [2.05, 4.69) is 15.9 Å². The van der Waals surface area contributed by atoms with Crippen LogP contribution in [-0.2, 0) is 14.8 Å². The highest BCUT2D eigenvalue weighted by Crippen LogP contribution is 2.31. The molecule has 3 rings (SSSR count). The molecule has 0 spiro atoms. The maximum Gasteiger partial charge on any atom is 0.272 e. The third kappa shape index (κ3) is 4.21. The molecule has 1 atom stereocenters.